The Morgan fingerprint density at radius 3 is 2.21 bits per heavy atom. The van der Waals surface area contributed by atoms with E-state index in [1.807, 2.05) is 34.9 Å². The molecule has 0 aliphatic carbocycles. The zero-order valence-electron chi connectivity index (χ0n) is 18.6. The highest BCUT2D eigenvalue weighted by molar-refractivity contribution is 7.90. The molecule has 1 amide bonds. The van der Waals surface area contributed by atoms with Crippen LogP contribution in [0.2, 0.25) is 0 Å². The molecule has 8 nitrogen and oxygen atoms in total. The maximum Gasteiger partial charge on any atom is 0.221 e. The minimum atomic E-state index is -3.30. The molecule has 0 atom stereocenters. The van der Waals surface area contributed by atoms with E-state index in [0.717, 1.165) is 22.4 Å². The maximum absolute atomic E-state index is 11.8. The number of carbonyl (C=O) groups excluding carboxylic acids is 1. The minimum Gasteiger partial charge on any atom is -0.493 e. The summed E-state index contributed by atoms with van der Waals surface area (Å²) in [7, 11) is -0.152. The molecule has 0 fully saturated rings. The third-order valence-electron chi connectivity index (χ3n) is 5.21. The summed E-state index contributed by atoms with van der Waals surface area (Å²) in [4.78, 5) is 16.6. The second-order valence-electron chi connectivity index (χ2n) is 7.53. The number of rotatable bonds is 6. The van der Waals surface area contributed by atoms with E-state index >= 15 is 0 Å². The summed E-state index contributed by atoms with van der Waals surface area (Å²) in [5, 5.41) is 2.84. The number of nitrogens with zero attached hydrogens (tertiary/aromatic N) is 2. The van der Waals surface area contributed by atoms with Crippen LogP contribution in [0.1, 0.15) is 6.92 Å². The number of fused-ring (bicyclic) bond motifs is 1. The Hall–Kier alpha value is -3.85. The largest absolute Gasteiger partial charge is 0.493 e. The second-order valence-corrected chi connectivity index (χ2v) is 9.54. The van der Waals surface area contributed by atoms with Crippen molar-refractivity contribution in [2.45, 2.75) is 11.8 Å². The first-order valence-electron chi connectivity index (χ1n) is 10.0. The van der Waals surface area contributed by atoms with Crippen molar-refractivity contribution in [3.63, 3.8) is 0 Å². The lowest BCUT2D eigenvalue weighted by atomic mass is 10.1. The zero-order chi connectivity index (χ0) is 23.8. The molecule has 0 spiro atoms. The predicted octanol–water partition coefficient (Wildman–Crippen LogP) is 4.05. The first-order valence-corrected chi connectivity index (χ1v) is 11.9. The van der Waals surface area contributed by atoms with E-state index in [-0.39, 0.29) is 10.8 Å². The molecule has 4 aromatic rings. The van der Waals surface area contributed by atoms with Crippen LogP contribution in [0.15, 0.2) is 65.8 Å². The van der Waals surface area contributed by atoms with Crippen molar-refractivity contribution in [1.82, 2.24) is 9.38 Å². The number of anilines is 1. The molecule has 0 unspecified atom stereocenters. The van der Waals surface area contributed by atoms with Crippen molar-refractivity contribution in [3.05, 3.63) is 60.9 Å². The van der Waals surface area contributed by atoms with Gasteiger partial charge in [-0.3, -0.25) is 9.20 Å². The fraction of sp³-hybridized carbons (Fsp3) is 0.167. The minimum absolute atomic E-state index is 0.225. The second kappa shape index (κ2) is 8.59. The number of hydrogen-bond donors (Lipinski definition) is 1. The van der Waals surface area contributed by atoms with Gasteiger partial charge in [-0.05, 0) is 42.0 Å². The summed E-state index contributed by atoms with van der Waals surface area (Å²) < 4.78 is 36.3. The first-order chi connectivity index (χ1) is 15.7. The van der Waals surface area contributed by atoms with E-state index in [1.165, 1.54) is 13.2 Å². The van der Waals surface area contributed by atoms with Crippen LogP contribution in [-0.2, 0) is 14.6 Å². The van der Waals surface area contributed by atoms with Crippen LogP contribution in [0.4, 0.5) is 5.69 Å². The number of methoxy groups -OCH3 is 2. The molecule has 0 aliphatic rings. The van der Waals surface area contributed by atoms with Gasteiger partial charge in [-0.1, -0.05) is 12.1 Å². The summed E-state index contributed by atoms with van der Waals surface area (Å²) in [6.07, 6.45) is 4.79. The van der Waals surface area contributed by atoms with Gasteiger partial charge in [0.2, 0.25) is 5.91 Å². The number of amides is 1. The highest BCUT2D eigenvalue weighted by Gasteiger charge is 2.15. The number of imidazole rings is 1. The fourth-order valence-electron chi connectivity index (χ4n) is 3.63. The van der Waals surface area contributed by atoms with Crippen LogP contribution in [-0.4, -0.2) is 44.2 Å². The molecule has 9 heteroatoms. The molecule has 170 valence electrons. The van der Waals surface area contributed by atoms with Gasteiger partial charge >= 0.3 is 0 Å². The van der Waals surface area contributed by atoms with Crippen molar-refractivity contribution in [1.29, 1.82) is 0 Å². The number of sulfone groups is 1. The van der Waals surface area contributed by atoms with Gasteiger partial charge in [0.1, 0.15) is 0 Å². The highest BCUT2D eigenvalue weighted by atomic mass is 32.2. The Kier molecular flexibility index (Phi) is 5.82. The van der Waals surface area contributed by atoms with Gasteiger partial charge < -0.3 is 14.8 Å². The lowest BCUT2D eigenvalue weighted by molar-refractivity contribution is -0.114. The Morgan fingerprint density at radius 2 is 1.61 bits per heavy atom. The Labute approximate surface area is 191 Å². The topological polar surface area (TPSA) is 99.0 Å². The van der Waals surface area contributed by atoms with E-state index in [1.54, 1.807) is 44.7 Å². The highest BCUT2D eigenvalue weighted by Crippen LogP contribution is 2.35. The zero-order valence-corrected chi connectivity index (χ0v) is 19.4. The lowest BCUT2D eigenvalue weighted by Crippen LogP contribution is -2.08. The molecular weight excluding hydrogens is 442 g/mol. The lowest BCUT2D eigenvalue weighted by Gasteiger charge is -2.12. The normalized spacial score (nSPS) is 11.4. The van der Waals surface area contributed by atoms with Gasteiger partial charge in [0.25, 0.3) is 0 Å². The van der Waals surface area contributed by atoms with Gasteiger partial charge in [0.05, 0.1) is 36.7 Å². The third kappa shape index (κ3) is 4.40. The third-order valence-corrected chi connectivity index (χ3v) is 6.34. The molecule has 0 saturated heterocycles. The molecule has 0 aliphatic heterocycles. The molecule has 1 N–H and O–H groups in total. The Balaban J connectivity index is 1.90. The van der Waals surface area contributed by atoms with Gasteiger partial charge in [0, 0.05) is 30.5 Å². The molecule has 0 bridgehead atoms. The summed E-state index contributed by atoms with van der Waals surface area (Å²) in [6, 6.07) is 14.0. The number of pyridine rings is 1. The number of aromatic nitrogens is 2. The van der Waals surface area contributed by atoms with Crippen molar-refractivity contribution >= 4 is 27.1 Å². The molecule has 2 aromatic heterocycles. The van der Waals surface area contributed by atoms with Gasteiger partial charge in [-0.25, -0.2) is 13.4 Å². The van der Waals surface area contributed by atoms with Crippen LogP contribution in [0.5, 0.6) is 11.5 Å². The number of ether oxygens (including phenoxy) is 2. The SMILES string of the molecule is COc1ccc(-c2cnc3c(NC(C)=O)cc(-c4ccc(S(C)(=O)=O)cc4)cn23)cc1OC. The number of nitrogens with one attached hydrogen (secondary N) is 1. The quantitative estimate of drug-likeness (QED) is 0.461. The first kappa shape index (κ1) is 22.3. The maximum atomic E-state index is 11.8. The number of hydrogen-bond acceptors (Lipinski definition) is 6. The Morgan fingerprint density at radius 1 is 0.939 bits per heavy atom. The predicted molar refractivity (Wildman–Crippen MR) is 127 cm³/mol. The number of carbonyl (C=O) groups is 1. The van der Waals surface area contributed by atoms with E-state index in [4.69, 9.17) is 9.47 Å². The standard InChI is InChI=1S/C24H23N3O5S/c1-15(28)26-20-11-18(16-5-8-19(9-6-16)33(4,29)30)14-27-21(13-25-24(20)27)17-7-10-22(31-2)23(12-17)32-3/h5-14H,1-4H3,(H,26,28). The van der Waals surface area contributed by atoms with Crippen molar-refractivity contribution in [2.24, 2.45) is 0 Å². The van der Waals surface area contributed by atoms with E-state index in [2.05, 4.69) is 10.3 Å². The molecule has 2 aromatic carbocycles. The monoisotopic (exact) mass is 465 g/mol. The van der Waals surface area contributed by atoms with Crippen LogP contribution in [0.25, 0.3) is 28.0 Å². The average Bonchev–Trinajstić information content (AvgIpc) is 3.22. The van der Waals surface area contributed by atoms with Gasteiger partial charge in [0.15, 0.2) is 27.0 Å². The molecule has 33 heavy (non-hydrogen) atoms. The van der Waals surface area contributed by atoms with Crippen LogP contribution in [0, 0.1) is 0 Å². The summed E-state index contributed by atoms with van der Waals surface area (Å²) >= 11 is 0. The molecule has 0 saturated carbocycles. The molecule has 0 radical (unpaired) electrons. The van der Waals surface area contributed by atoms with E-state index in [9.17, 15) is 13.2 Å². The van der Waals surface area contributed by atoms with E-state index in [0.29, 0.717) is 22.8 Å². The van der Waals surface area contributed by atoms with Crippen LogP contribution in [0.3, 0.4) is 0 Å². The van der Waals surface area contributed by atoms with E-state index < -0.39 is 9.84 Å². The van der Waals surface area contributed by atoms with Gasteiger partial charge in [-0.2, -0.15) is 0 Å². The smallest absolute Gasteiger partial charge is 0.221 e. The number of benzene rings is 2. The summed E-state index contributed by atoms with van der Waals surface area (Å²) in [5.74, 6) is 0.970. The Bertz CT molecular complexity index is 1460. The fourth-order valence-corrected chi connectivity index (χ4v) is 4.26. The summed E-state index contributed by atoms with van der Waals surface area (Å²) in [6.45, 7) is 1.43. The average molecular weight is 466 g/mol. The van der Waals surface area contributed by atoms with Crippen LogP contribution < -0.4 is 14.8 Å². The molecule has 4 rings (SSSR count). The van der Waals surface area contributed by atoms with Gasteiger partial charge in [-0.15, -0.1) is 0 Å². The van der Waals surface area contributed by atoms with Crippen molar-refractivity contribution in [3.8, 4) is 33.9 Å². The summed E-state index contributed by atoms with van der Waals surface area (Å²) in [5.41, 5.74) is 4.32. The van der Waals surface area contributed by atoms with Crippen molar-refractivity contribution < 1.29 is 22.7 Å². The molecule has 2 heterocycles. The van der Waals surface area contributed by atoms with Crippen LogP contribution >= 0.6 is 0 Å². The molecular formula is C24H23N3O5S. The van der Waals surface area contributed by atoms with Crippen molar-refractivity contribution in [2.75, 3.05) is 25.8 Å².